The third-order valence-corrected chi connectivity index (χ3v) is 2.48. The van der Waals surface area contributed by atoms with Crippen LogP contribution in [0.3, 0.4) is 0 Å². The molecule has 2 aromatic heterocycles. The third kappa shape index (κ3) is 2.56. The molecule has 0 atom stereocenters. The molecule has 0 aromatic carbocycles. The maximum absolute atomic E-state index is 12.2. The summed E-state index contributed by atoms with van der Waals surface area (Å²) in [5.41, 5.74) is 3.98. The Balaban J connectivity index is 2.43. The molecule has 3 nitrogen and oxygen atoms in total. The molecule has 0 aliphatic rings. The number of aromatic nitrogens is 2. The average Bonchev–Trinajstić information content (AvgIpc) is 2.26. The quantitative estimate of drug-likeness (QED) is 0.739. The summed E-state index contributed by atoms with van der Waals surface area (Å²) in [5.74, 6) is -0.00481. The molecule has 0 bridgehead atoms. The summed E-state index contributed by atoms with van der Waals surface area (Å²) in [5, 5.41) is 0. The van der Waals surface area contributed by atoms with E-state index in [1.807, 2.05) is 26.8 Å². The number of nitrogens with zero attached hydrogens (tertiary/aromatic N) is 2. The van der Waals surface area contributed by atoms with Gasteiger partial charge in [0.25, 0.3) is 0 Å². The number of ketones is 1. The molecule has 0 saturated heterocycles. The molecule has 0 fully saturated rings. The summed E-state index contributed by atoms with van der Waals surface area (Å²) in [6, 6.07) is 5.45. The van der Waals surface area contributed by atoms with Gasteiger partial charge < -0.3 is 0 Å². The molecule has 0 aliphatic heterocycles. The summed E-state index contributed by atoms with van der Waals surface area (Å²) in [7, 11) is 0. The minimum Gasteiger partial charge on any atom is -0.289 e. The van der Waals surface area contributed by atoms with Crippen molar-refractivity contribution in [1.29, 1.82) is 0 Å². The zero-order valence-electron chi connectivity index (χ0n) is 10.2. The normalized spacial score (nSPS) is 10.3. The van der Waals surface area contributed by atoms with Crippen LogP contribution in [0.25, 0.3) is 0 Å². The molecular formula is C14H14N2O. The average molecular weight is 226 g/mol. The molecule has 2 rings (SSSR count). The van der Waals surface area contributed by atoms with Gasteiger partial charge in [0.2, 0.25) is 0 Å². The van der Waals surface area contributed by atoms with Crippen molar-refractivity contribution in [3.8, 4) is 0 Å². The fourth-order valence-electron chi connectivity index (χ4n) is 1.81. The molecule has 0 amide bonds. The van der Waals surface area contributed by atoms with Gasteiger partial charge in [-0.25, -0.2) is 0 Å². The van der Waals surface area contributed by atoms with E-state index in [2.05, 4.69) is 9.97 Å². The molecular weight excluding hydrogens is 212 g/mol. The Kier molecular flexibility index (Phi) is 3.00. The second kappa shape index (κ2) is 4.45. The number of hydrogen-bond donors (Lipinski definition) is 0. The van der Waals surface area contributed by atoms with Gasteiger partial charge in [-0.05, 0) is 44.5 Å². The number of carbonyl (C=O) groups excluding carboxylic acids is 1. The van der Waals surface area contributed by atoms with Gasteiger partial charge in [-0.2, -0.15) is 0 Å². The van der Waals surface area contributed by atoms with Gasteiger partial charge in [-0.15, -0.1) is 0 Å². The second-order valence-electron chi connectivity index (χ2n) is 4.22. The van der Waals surface area contributed by atoms with E-state index >= 15 is 0 Å². The van der Waals surface area contributed by atoms with E-state index in [4.69, 9.17) is 0 Å². The number of pyridine rings is 2. The van der Waals surface area contributed by atoms with Crippen LogP contribution in [0.1, 0.15) is 32.9 Å². The Morgan fingerprint density at radius 1 is 0.941 bits per heavy atom. The lowest BCUT2D eigenvalue weighted by Crippen LogP contribution is -2.04. The van der Waals surface area contributed by atoms with Crippen LogP contribution < -0.4 is 0 Å². The van der Waals surface area contributed by atoms with Crippen molar-refractivity contribution in [3.05, 3.63) is 58.7 Å². The van der Waals surface area contributed by atoms with E-state index in [-0.39, 0.29) is 5.78 Å². The van der Waals surface area contributed by atoms with Crippen molar-refractivity contribution in [2.75, 3.05) is 0 Å². The van der Waals surface area contributed by atoms with E-state index in [1.54, 1.807) is 24.5 Å². The fraction of sp³-hybridized carbons (Fsp3) is 0.214. The van der Waals surface area contributed by atoms with Gasteiger partial charge in [0.1, 0.15) is 0 Å². The zero-order chi connectivity index (χ0) is 12.4. The Bertz CT molecular complexity index is 556. The Morgan fingerprint density at radius 2 is 1.59 bits per heavy atom. The molecule has 0 saturated carbocycles. The zero-order valence-corrected chi connectivity index (χ0v) is 10.2. The van der Waals surface area contributed by atoms with Crippen LogP contribution in [-0.4, -0.2) is 15.8 Å². The maximum Gasteiger partial charge on any atom is 0.194 e. The standard InChI is InChI=1S/C14H14N2O/c1-9-4-13(8-15-7-9)14(17)12-5-10(2)16-11(3)6-12/h4-8H,1-3H3. The summed E-state index contributed by atoms with van der Waals surface area (Å²) < 4.78 is 0. The Labute approximate surface area is 101 Å². The van der Waals surface area contributed by atoms with Gasteiger partial charge in [-0.3, -0.25) is 14.8 Å². The number of rotatable bonds is 2. The largest absolute Gasteiger partial charge is 0.289 e. The van der Waals surface area contributed by atoms with Gasteiger partial charge >= 0.3 is 0 Å². The molecule has 2 aromatic rings. The van der Waals surface area contributed by atoms with E-state index in [9.17, 15) is 4.79 Å². The first-order chi connectivity index (χ1) is 8.06. The van der Waals surface area contributed by atoms with Gasteiger partial charge in [0, 0.05) is 34.9 Å². The highest BCUT2D eigenvalue weighted by Crippen LogP contribution is 2.12. The number of hydrogen-bond acceptors (Lipinski definition) is 3. The first-order valence-corrected chi connectivity index (χ1v) is 5.48. The Morgan fingerprint density at radius 3 is 2.18 bits per heavy atom. The van der Waals surface area contributed by atoms with Crippen molar-refractivity contribution in [2.45, 2.75) is 20.8 Å². The molecule has 3 heteroatoms. The predicted molar refractivity (Wildman–Crippen MR) is 66.1 cm³/mol. The fourth-order valence-corrected chi connectivity index (χ4v) is 1.81. The van der Waals surface area contributed by atoms with E-state index in [0.717, 1.165) is 17.0 Å². The summed E-state index contributed by atoms with van der Waals surface area (Å²) in [4.78, 5) is 20.5. The summed E-state index contributed by atoms with van der Waals surface area (Å²) in [6.45, 7) is 5.70. The Hall–Kier alpha value is -2.03. The van der Waals surface area contributed by atoms with Crippen molar-refractivity contribution in [1.82, 2.24) is 9.97 Å². The summed E-state index contributed by atoms with van der Waals surface area (Å²) in [6.07, 6.45) is 3.33. The number of carbonyl (C=O) groups is 1. The first-order valence-electron chi connectivity index (χ1n) is 5.48. The van der Waals surface area contributed by atoms with Crippen molar-refractivity contribution >= 4 is 5.78 Å². The highest BCUT2D eigenvalue weighted by atomic mass is 16.1. The van der Waals surface area contributed by atoms with Crippen molar-refractivity contribution in [2.24, 2.45) is 0 Å². The highest BCUT2D eigenvalue weighted by molar-refractivity contribution is 6.08. The van der Waals surface area contributed by atoms with Gasteiger partial charge in [0.05, 0.1) is 0 Å². The van der Waals surface area contributed by atoms with Crippen LogP contribution in [-0.2, 0) is 0 Å². The van der Waals surface area contributed by atoms with Crippen LogP contribution in [0.5, 0.6) is 0 Å². The lowest BCUT2D eigenvalue weighted by molar-refractivity contribution is 0.103. The topological polar surface area (TPSA) is 42.9 Å². The molecule has 0 unspecified atom stereocenters. The minimum atomic E-state index is -0.00481. The molecule has 0 N–H and O–H groups in total. The SMILES string of the molecule is Cc1cncc(C(=O)c2cc(C)nc(C)c2)c1. The van der Waals surface area contributed by atoms with Crippen LogP contribution in [0, 0.1) is 20.8 Å². The van der Waals surface area contributed by atoms with Crippen LogP contribution in [0.15, 0.2) is 30.6 Å². The summed E-state index contributed by atoms with van der Waals surface area (Å²) >= 11 is 0. The highest BCUT2D eigenvalue weighted by Gasteiger charge is 2.10. The van der Waals surface area contributed by atoms with Crippen LogP contribution in [0.2, 0.25) is 0 Å². The maximum atomic E-state index is 12.2. The minimum absolute atomic E-state index is 0.00481. The lowest BCUT2D eigenvalue weighted by Gasteiger charge is -2.04. The molecule has 0 radical (unpaired) electrons. The van der Waals surface area contributed by atoms with Crippen molar-refractivity contribution in [3.63, 3.8) is 0 Å². The number of aryl methyl sites for hydroxylation is 3. The van der Waals surface area contributed by atoms with E-state index < -0.39 is 0 Å². The molecule has 0 aliphatic carbocycles. The predicted octanol–water partition coefficient (Wildman–Crippen LogP) is 2.63. The first kappa shape index (κ1) is 11.5. The van der Waals surface area contributed by atoms with E-state index in [1.165, 1.54) is 0 Å². The molecule has 17 heavy (non-hydrogen) atoms. The molecule has 86 valence electrons. The van der Waals surface area contributed by atoms with Gasteiger partial charge in [-0.1, -0.05) is 0 Å². The monoisotopic (exact) mass is 226 g/mol. The lowest BCUT2D eigenvalue weighted by atomic mass is 10.0. The van der Waals surface area contributed by atoms with Crippen LogP contribution >= 0.6 is 0 Å². The second-order valence-corrected chi connectivity index (χ2v) is 4.22. The third-order valence-electron chi connectivity index (χ3n) is 2.48. The van der Waals surface area contributed by atoms with Crippen molar-refractivity contribution < 1.29 is 4.79 Å². The smallest absolute Gasteiger partial charge is 0.194 e. The van der Waals surface area contributed by atoms with E-state index in [0.29, 0.717) is 11.1 Å². The molecule has 2 heterocycles. The van der Waals surface area contributed by atoms with Gasteiger partial charge in [0.15, 0.2) is 5.78 Å². The molecule has 0 spiro atoms. The van der Waals surface area contributed by atoms with Crippen LogP contribution in [0.4, 0.5) is 0 Å².